The van der Waals surface area contributed by atoms with E-state index in [2.05, 4.69) is 10.2 Å². The molecule has 76 valence electrons. The van der Waals surface area contributed by atoms with E-state index in [1.165, 1.54) is 0 Å². The molecule has 0 atom stereocenters. The summed E-state index contributed by atoms with van der Waals surface area (Å²) in [5, 5.41) is 6.42. The van der Waals surface area contributed by atoms with Crippen LogP contribution in [0.15, 0.2) is 0 Å². The van der Waals surface area contributed by atoms with E-state index < -0.39 is 16.9 Å². The summed E-state index contributed by atoms with van der Waals surface area (Å²) in [5.41, 5.74) is -0.152. The van der Waals surface area contributed by atoms with Gasteiger partial charge in [0.1, 0.15) is 0 Å². The van der Waals surface area contributed by atoms with Crippen LogP contribution in [0.4, 0.5) is 13.2 Å². The average molecular weight is 223 g/mol. The topological polar surface area (TPSA) is 25.8 Å². The lowest BCUT2D eigenvalue weighted by Crippen LogP contribution is -2.12. The van der Waals surface area contributed by atoms with E-state index in [9.17, 15) is 13.2 Å². The van der Waals surface area contributed by atoms with E-state index >= 15 is 0 Å². The molecule has 0 saturated carbocycles. The van der Waals surface area contributed by atoms with Gasteiger partial charge in [-0.2, -0.15) is 18.3 Å². The summed E-state index contributed by atoms with van der Waals surface area (Å²) in [4.78, 5) is 0. The number of rotatable bonds is 0. The highest BCUT2D eigenvalue weighted by molar-refractivity contribution is 6.30. The normalized spacial score (nSPS) is 15.7. The highest BCUT2D eigenvalue weighted by atomic mass is 35.5. The van der Waals surface area contributed by atoms with Crippen LogP contribution in [0.1, 0.15) is 23.2 Å². The molecule has 0 amide bonds. The molecule has 1 heterocycles. The van der Waals surface area contributed by atoms with Gasteiger partial charge < -0.3 is 0 Å². The Morgan fingerprint density at radius 1 is 1.14 bits per heavy atom. The minimum atomic E-state index is -4.43. The van der Waals surface area contributed by atoms with E-state index in [-0.39, 0.29) is 5.56 Å². The van der Waals surface area contributed by atoms with Crippen molar-refractivity contribution < 1.29 is 13.2 Å². The van der Waals surface area contributed by atoms with Gasteiger partial charge in [0, 0.05) is 0 Å². The van der Waals surface area contributed by atoms with Gasteiger partial charge in [0.15, 0.2) is 5.15 Å². The van der Waals surface area contributed by atoms with Gasteiger partial charge >= 0.3 is 6.18 Å². The van der Waals surface area contributed by atoms with Gasteiger partial charge in [-0.3, -0.25) is 0 Å². The molecular formula is C8H6ClF3N2. The molecule has 0 bridgehead atoms. The maximum absolute atomic E-state index is 12.6. The van der Waals surface area contributed by atoms with Crippen LogP contribution >= 0.6 is 11.6 Å². The Morgan fingerprint density at radius 2 is 1.86 bits per heavy atom. The zero-order valence-corrected chi connectivity index (χ0v) is 7.78. The molecule has 0 radical (unpaired) electrons. The Bertz CT molecular complexity index is 376. The number of hydrogen-bond acceptors (Lipinski definition) is 2. The first kappa shape index (κ1) is 9.71. The summed E-state index contributed by atoms with van der Waals surface area (Å²) in [5.74, 6) is 0. The van der Waals surface area contributed by atoms with Crippen molar-refractivity contribution in [2.75, 3.05) is 0 Å². The summed E-state index contributed by atoms with van der Waals surface area (Å²) in [6.45, 7) is 0. The lowest BCUT2D eigenvalue weighted by atomic mass is 10.1. The highest BCUT2D eigenvalue weighted by Crippen LogP contribution is 2.39. The van der Waals surface area contributed by atoms with Crippen LogP contribution in [0.25, 0.3) is 0 Å². The largest absolute Gasteiger partial charge is 0.419 e. The Hall–Kier alpha value is -0.840. The Kier molecular flexibility index (Phi) is 2.14. The van der Waals surface area contributed by atoms with Gasteiger partial charge in [0.2, 0.25) is 0 Å². The second-order valence-electron chi connectivity index (χ2n) is 3.14. The first-order valence-corrected chi connectivity index (χ1v) is 4.49. The molecule has 2 rings (SSSR count). The van der Waals surface area contributed by atoms with E-state index in [0.29, 0.717) is 25.0 Å². The van der Waals surface area contributed by atoms with Crippen LogP contribution < -0.4 is 0 Å². The van der Waals surface area contributed by atoms with Crippen LogP contribution in [0.5, 0.6) is 0 Å². The molecule has 1 aromatic rings. The van der Waals surface area contributed by atoms with Crippen LogP contribution in [0.3, 0.4) is 0 Å². The van der Waals surface area contributed by atoms with E-state index in [0.717, 1.165) is 0 Å². The Balaban J connectivity index is 2.63. The SMILES string of the molecule is FC(F)(F)c1c(Cl)nnc2c1CCC2. The van der Waals surface area contributed by atoms with E-state index in [1.807, 2.05) is 0 Å². The summed E-state index contributed by atoms with van der Waals surface area (Å²) < 4.78 is 37.7. The lowest BCUT2D eigenvalue weighted by molar-refractivity contribution is -0.138. The standard InChI is InChI=1S/C8H6ClF3N2/c9-7-6(8(10,11)12)4-2-1-3-5(4)13-14-7/h1-3H2. The fourth-order valence-electron chi connectivity index (χ4n) is 1.67. The molecule has 0 fully saturated rings. The fourth-order valence-corrected chi connectivity index (χ4v) is 1.93. The molecule has 0 aromatic carbocycles. The van der Waals surface area contributed by atoms with Crippen molar-refractivity contribution in [3.05, 3.63) is 22.0 Å². The molecule has 0 spiro atoms. The van der Waals surface area contributed by atoms with Gasteiger partial charge in [-0.05, 0) is 24.8 Å². The summed E-state index contributed by atoms with van der Waals surface area (Å²) in [6, 6.07) is 0. The quantitative estimate of drug-likeness (QED) is 0.674. The third-order valence-electron chi connectivity index (χ3n) is 2.24. The van der Waals surface area contributed by atoms with Gasteiger partial charge in [-0.15, -0.1) is 5.10 Å². The summed E-state index contributed by atoms with van der Waals surface area (Å²) >= 11 is 5.40. The predicted molar refractivity (Wildman–Crippen MR) is 44.1 cm³/mol. The molecule has 0 aliphatic heterocycles. The van der Waals surface area contributed by atoms with Crippen molar-refractivity contribution in [3.8, 4) is 0 Å². The molecule has 0 saturated heterocycles. The third kappa shape index (κ3) is 1.45. The molecule has 14 heavy (non-hydrogen) atoms. The molecule has 6 heteroatoms. The monoisotopic (exact) mass is 222 g/mol. The van der Waals surface area contributed by atoms with Gasteiger partial charge in [0.05, 0.1) is 11.3 Å². The molecule has 2 nitrogen and oxygen atoms in total. The number of aryl methyl sites for hydroxylation is 1. The average Bonchev–Trinajstić information content (AvgIpc) is 2.48. The number of alkyl halides is 3. The fraction of sp³-hybridized carbons (Fsp3) is 0.500. The number of halogens is 4. The van der Waals surface area contributed by atoms with E-state index in [1.54, 1.807) is 0 Å². The molecule has 1 aliphatic rings. The maximum Gasteiger partial charge on any atom is 0.419 e. The van der Waals surface area contributed by atoms with Crippen molar-refractivity contribution in [2.24, 2.45) is 0 Å². The van der Waals surface area contributed by atoms with Crippen molar-refractivity contribution in [1.82, 2.24) is 10.2 Å². The van der Waals surface area contributed by atoms with E-state index in [4.69, 9.17) is 11.6 Å². The molecule has 1 aromatic heterocycles. The summed E-state index contributed by atoms with van der Waals surface area (Å²) in [7, 11) is 0. The minimum absolute atomic E-state index is 0.220. The first-order valence-electron chi connectivity index (χ1n) is 4.11. The number of nitrogens with zero attached hydrogens (tertiary/aromatic N) is 2. The first-order chi connectivity index (χ1) is 6.50. The second-order valence-corrected chi connectivity index (χ2v) is 3.50. The smallest absolute Gasteiger partial charge is 0.166 e. The van der Waals surface area contributed by atoms with Crippen LogP contribution in [-0.2, 0) is 19.0 Å². The molecular weight excluding hydrogens is 217 g/mol. The minimum Gasteiger partial charge on any atom is -0.166 e. The Labute approximate surface area is 83.1 Å². The van der Waals surface area contributed by atoms with Gasteiger partial charge in [0.25, 0.3) is 0 Å². The van der Waals surface area contributed by atoms with Crippen molar-refractivity contribution in [1.29, 1.82) is 0 Å². The highest BCUT2D eigenvalue weighted by Gasteiger charge is 2.39. The predicted octanol–water partition coefficient (Wildman–Crippen LogP) is 2.64. The zero-order chi connectivity index (χ0) is 10.3. The molecule has 0 unspecified atom stereocenters. The van der Waals surface area contributed by atoms with Crippen molar-refractivity contribution in [2.45, 2.75) is 25.4 Å². The number of aromatic nitrogens is 2. The van der Waals surface area contributed by atoms with Crippen LogP contribution in [0.2, 0.25) is 5.15 Å². The van der Waals surface area contributed by atoms with Crippen LogP contribution in [0, 0.1) is 0 Å². The maximum atomic E-state index is 12.6. The Morgan fingerprint density at radius 3 is 2.50 bits per heavy atom. The zero-order valence-electron chi connectivity index (χ0n) is 7.03. The van der Waals surface area contributed by atoms with Crippen molar-refractivity contribution in [3.63, 3.8) is 0 Å². The molecule has 1 aliphatic carbocycles. The van der Waals surface area contributed by atoms with Crippen LogP contribution in [-0.4, -0.2) is 10.2 Å². The van der Waals surface area contributed by atoms with Gasteiger partial charge in [-0.25, -0.2) is 0 Å². The second kappa shape index (κ2) is 3.08. The molecule has 0 N–H and O–H groups in total. The summed E-state index contributed by atoms with van der Waals surface area (Å²) in [6.07, 6.45) is -2.79. The third-order valence-corrected chi connectivity index (χ3v) is 2.50. The lowest BCUT2D eigenvalue weighted by Gasteiger charge is -2.11. The van der Waals surface area contributed by atoms with Gasteiger partial charge in [-0.1, -0.05) is 11.6 Å². The van der Waals surface area contributed by atoms with Crippen molar-refractivity contribution >= 4 is 11.6 Å². The number of fused-ring (bicyclic) bond motifs is 1. The number of hydrogen-bond donors (Lipinski definition) is 0.